The third-order valence-electron chi connectivity index (χ3n) is 3.99. The van der Waals surface area contributed by atoms with Crippen LogP contribution in [0, 0.1) is 18.8 Å². The highest BCUT2D eigenvalue weighted by atomic mass is 16.5. The molecule has 2 rings (SSSR count). The Balaban J connectivity index is 2.54. The summed E-state index contributed by atoms with van der Waals surface area (Å²) in [4.78, 5) is 12.5. The molecule has 0 amide bonds. The number of carbonyl (C=O) groups is 1. The van der Waals surface area contributed by atoms with E-state index in [4.69, 9.17) is 4.74 Å². The Morgan fingerprint density at radius 1 is 1.24 bits per heavy atom. The second-order valence-corrected chi connectivity index (χ2v) is 6.56. The van der Waals surface area contributed by atoms with Crippen LogP contribution in [0.15, 0.2) is 23.5 Å². The van der Waals surface area contributed by atoms with Crippen molar-refractivity contribution in [2.45, 2.75) is 54.4 Å². The fourth-order valence-corrected chi connectivity index (χ4v) is 2.93. The average Bonchev–Trinajstić information content (AvgIpc) is 2.43. The number of hydrogen-bond acceptors (Lipinski definition) is 2. The van der Waals surface area contributed by atoms with Crippen molar-refractivity contribution in [2.24, 2.45) is 11.8 Å². The standard InChI is InChI=1S/C19H26O2/c1-7-14-8-13(6)9-15-10-16(17(20)11(2)3)18(12(4)5)21-19(14)15/h8-9,11-12H,7,10H2,1-6H3. The van der Waals surface area contributed by atoms with Crippen molar-refractivity contribution in [1.29, 1.82) is 0 Å². The molecule has 0 fully saturated rings. The molecule has 1 aliphatic rings. The molecule has 0 unspecified atom stereocenters. The Morgan fingerprint density at radius 2 is 1.90 bits per heavy atom. The van der Waals surface area contributed by atoms with Gasteiger partial charge in [0, 0.05) is 23.8 Å². The Bertz CT molecular complexity index is 592. The Kier molecular flexibility index (Phi) is 4.55. The zero-order valence-corrected chi connectivity index (χ0v) is 14.0. The van der Waals surface area contributed by atoms with Gasteiger partial charge in [-0.05, 0) is 24.5 Å². The minimum Gasteiger partial charge on any atom is -0.460 e. The van der Waals surface area contributed by atoms with Gasteiger partial charge >= 0.3 is 0 Å². The van der Waals surface area contributed by atoms with Gasteiger partial charge in [0.2, 0.25) is 0 Å². The van der Waals surface area contributed by atoms with E-state index in [1.165, 1.54) is 11.1 Å². The lowest BCUT2D eigenvalue weighted by atomic mass is 9.87. The topological polar surface area (TPSA) is 26.3 Å². The maximum Gasteiger partial charge on any atom is 0.165 e. The van der Waals surface area contributed by atoms with E-state index in [1.807, 2.05) is 13.8 Å². The second-order valence-electron chi connectivity index (χ2n) is 6.56. The Morgan fingerprint density at radius 3 is 2.43 bits per heavy atom. The summed E-state index contributed by atoms with van der Waals surface area (Å²) < 4.78 is 6.21. The number of aryl methyl sites for hydroxylation is 2. The van der Waals surface area contributed by atoms with Gasteiger partial charge in [0.05, 0.1) is 0 Å². The summed E-state index contributed by atoms with van der Waals surface area (Å²) in [5.41, 5.74) is 4.48. The number of ether oxygens (including phenoxy) is 1. The van der Waals surface area contributed by atoms with Crippen LogP contribution in [0.1, 0.15) is 51.3 Å². The molecule has 0 spiro atoms. The molecule has 114 valence electrons. The summed E-state index contributed by atoms with van der Waals surface area (Å²) in [7, 11) is 0. The number of ketones is 1. The monoisotopic (exact) mass is 286 g/mol. The Hall–Kier alpha value is -1.57. The summed E-state index contributed by atoms with van der Waals surface area (Å²) in [5, 5.41) is 0. The second kappa shape index (κ2) is 6.05. The highest BCUT2D eigenvalue weighted by Crippen LogP contribution is 2.37. The minimum absolute atomic E-state index is 0.00866. The van der Waals surface area contributed by atoms with Crippen LogP contribution in [0.3, 0.4) is 0 Å². The molecule has 2 heteroatoms. The molecule has 1 aromatic rings. The lowest BCUT2D eigenvalue weighted by Gasteiger charge is -2.28. The molecule has 0 atom stereocenters. The molecule has 0 N–H and O–H groups in total. The summed E-state index contributed by atoms with van der Waals surface area (Å²) in [6.07, 6.45) is 1.65. The molecule has 2 nitrogen and oxygen atoms in total. The summed E-state index contributed by atoms with van der Waals surface area (Å²) >= 11 is 0. The van der Waals surface area contributed by atoms with Crippen molar-refractivity contribution in [2.75, 3.05) is 0 Å². The zero-order chi connectivity index (χ0) is 15.7. The molecule has 0 bridgehead atoms. The van der Waals surface area contributed by atoms with Crippen LogP contribution in [-0.2, 0) is 17.6 Å². The molecule has 0 saturated carbocycles. The number of Topliss-reactive ketones (excluding diaryl/α,β-unsaturated/α-hetero) is 1. The van der Waals surface area contributed by atoms with Crippen LogP contribution in [-0.4, -0.2) is 5.78 Å². The molecular formula is C19H26O2. The smallest absolute Gasteiger partial charge is 0.165 e. The van der Waals surface area contributed by atoms with Crippen LogP contribution in [0.4, 0.5) is 0 Å². The van der Waals surface area contributed by atoms with Gasteiger partial charge in [0.15, 0.2) is 5.78 Å². The van der Waals surface area contributed by atoms with Crippen molar-refractivity contribution < 1.29 is 9.53 Å². The highest BCUT2D eigenvalue weighted by molar-refractivity contribution is 5.98. The number of benzene rings is 1. The zero-order valence-electron chi connectivity index (χ0n) is 14.0. The maximum atomic E-state index is 12.5. The summed E-state index contributed by atoms with van der Waals surface area (Å²) in [6.45, 7) is 12.3. The van der Waals surface area contributed by atoms with Crippen LogP contribution in [0.5, 0.6) is 5.75 Å². The first-order valence-electron chi connectivity index (χ1n) is 7.92. The number of carbonyl (C=O) groups excluding carboxylic acids is 1. The quantitative estimate of drug-likeness (QED) is 0.806. The van der Waals surface area contributed by atoms with Gasteiger partial charge in [0.1, 0.15) is 11.5 Å². The summed E-state index contributed by atoms with van der Waals surface area (Å²) in [6, 6.07) is 4.34. The molecule has 0 radical (unpaired) electrons. The first-order valence-corrected chi connectivity index (χ1v) is 7.92. The van der Waals surface area contributed by atoms with E-state index < -0.39 is 0 Å². The molecule has 21 heavy (non-hydrogen) atoms. The fraction of sp³-hybridized carbons (Fsp3) is 0.526. The number of rotatable bonds is 4. The fourth-order valence-electron chi connectivity index (χ4n) is 2.93. The normalized spacial score (nSPS) is 14.5. The first-order chi connectivity index (χ1) is 9.85. The molecule has 1 aliphatic heterocycles. The van der Waals surface area contributed by atoms with E-state index in [0.29, 0.717) is 6.42 Å². The van der Waals surface area contributed by atoms with Crippen molar-refractivity contribution >= 4 is 5.78 Å². The van der Waals surface area contributed by atoms with Crippen molar-refractivity contribution in [1.82, 2.24) is 0 Å². The predicted molar refractivity (Wildman–Crippen MR) is 86.6 cm³/mol. The van der Waals surface area contributed by atoms with Crippen molar-refractivity contribution in [3.05, 3.63) is 40.2 Å². The number of fused-ring (bicyclic) bond motifs is 1. The van der Waals surface area contributed by atoms with Crippen LogP contribution in [0.25, 0.3) is 0 Å². The van der Waals surface area contributed by atoms with Crippen LogP contribution < -0.4 is 4.74 Å². The number of allylic oxidation sites excluding steroid dienone is 2. The van der Waals surface area contributed by atoms with Crippen LogP contribution >= 0.6 is 0 Å². The third-order valence-corrected chi connectivity index (χ3v) is 3.99. The van der Waals surface area contributed by atoms with Crippen LogP contribution in [0.2, 0.25) is 0 Å². The lowest BCUT2D eigenvalue weighted by Crippen LogP contribution is -2.23. The molecule has 1 aromatic carbocycles. The Labute approximate surface area is 128 Å². The van der Waals surface area contributed by atoms with E-state index in [2.05, 4.69) is 39.8 Å². The van der Waals surface area contributed by atoms with Gasteiger partial charge < -0.3 is 4.74 Å². The molecule has 0 saturated heterocycles. The van der Waals surface area contributed by atoms with E-state index in [-0.39, 0.29) is 17.6 Å². The van der Waals surface area contributed by atoms with Gasteiger partial charge in [-0.25, -0.2) is 0 Å². The van der Waals surface area contributed by atoms with E-state index in [1.54, 1.807) is 0 Å². The predicted octanol–water partition coefficient (Wildman–Crippen LogP) is 4.63. The van der Waals surface area contributed by atoms with E-state index in [0.717, 1.165) is 29.1 Å². The highest BCUT2D eigenvalue weighted by Gasteiger charge is 2.28. The number of hydrogen-bond donors (Lipinski definition) is 0. The van der Waals surface area contributed by atoms with Gasteiger partial charge in [-0.15, -0.1) is 0 Å². The average molecular weight is 286 g/mol. The van der Waals surface area contributed by atoms with E-state index in [9.17, 15) is 4.79 Å². The first kappa shape index (κ1) is 15.8. The van der Waals surface area contributed by atoms with Gasteiger partial charge in [-0.2, -0.15) is 0 Å². The molecule has 0 aromatic heterocycles. The maximum absolute atomic E-state index is 12.5. The molecule has 1 heterocycles. The van der Waals surface area contributed by atoms with Crippen molar-refractivity contribution in [3.63, 3.8) is 0 Å². The SMILES string of the molecule is CCc1cc(C)cc2c1OC(C(C)C)=C(C(=O)C(C)C)C2. The van der Waals surface area contributed by atoms with Gasteiger partial charge in [-0.3, -0.25) is 4.79 Å². The molecule has 0 aliphatic carbocycles. The largest absolute Gasteiger partial charge is 0.460 e. The van der Waals surface area contributed by atoms with Gasteiger partial charge in [0.25, 0.3) is 0 Å². The third kappa shape index (κ3) is 3.04. The van der Waals surface area contributed by atoms with Crippen molar-refractivity contribution in [3.8, 4) is 5.75 Å². The van der Waals surface area contributed by atoms with Gasteiger partial charge in [-0.1, -0.05) is 52.3 Å². The summed E-state index contributed by atoms with van der Waals surface area (Å²) in [5.74, 6) is 2.28. The van der Waals surface area contributed by atoms with E-state index >= 15 is 0 Å². The minimum atomic E-state index is 0.00866. The molecular weight excluding hydrogens is 260 g/mol. The lowest BCUT2D eigenvalue weighted by molar-refractivity contribution is -0.118.